The summed E-state index contributed by atoms with van der Waals surface area (Å²) in [4.78, 5) is 4.23. The third-order valence-electron chi connectivity index (χ3n) is 3.06. The van der Waals surface area contributed by atoms with Crippen LogP contribution >= 0.6 is 12.4 Å². The van der Waals surface area contributed by atoms with Crippen molar-refractivity contribution in [3.63, 3.8) is 0 Å². The lowest BCUT2D eigenvalue weighted by molar-refractivity contribution is 0.583. The first-order chi connectivity index (χ1) is 9.79. The van der Waals surface area contributed by atoms with Gasteiger partial charge in [0.1, 0.15) is 5.82 Å². The largest absolute Gasteiger partial charge is 0.368 e. The van der Waals surface area contributed by atoms with Gasteiger partial charge in [0.05, 0.1) is 12.1 Å². The molecule has 0 spiro atoms. The van der Waals surface area contributed by atoms with Crippen molar-refractivity contribution in [1.82, 2.24) is 20.0 Å². The van der Waals surface area contributed by atoms with E-state index in [1.54, 1.807) is 23.0 Å². The Kier molecular flexibility index (Phi) is 4.70. The summed E-state index contributed by atoms with van der Waals surface area (Å²) in [5, 5.41) is 11.4. The molecule has 5 nitrogen and oxygen atoms in total. The number of nitrogens with one attached hydrogen (secondary N) is 1. The van der Waals surface area contributed by atoms with Crippen LogP contribution < -0.4 is 5.32 Å². The summed E-state index contributed by atoms with van der Waals surface area (Å²) in [6, 6.07) is 8.50. The number of aromatic nitrogens is 4. The summed E-state index contributed by atoms with van der Waals surface area (Å²) in [6.45, 7) is 3.09. The molecule has 7 heteroatoms. The normalized spacial score (nSPS) is 10.4. The minimum Gasteiger partial charge on any atom is -0.368 e. The molecule has 0 aliphatic rings. The summed E-state index contributed by atoms with van der Waals surface area (Å²) < 4.78 is 15.4. The lowest BCUT2D eigenvalue weighted by atomic mass is 10.2. The molecule has 0 saturated heterocycles. The number of nitrogens with zero attached hydrogens (tertiary/aromatic N) is 4. The molecule has 0 fully saturated rings. The van der Waals surface area contributed by atoms with Crippen LogP contribution in [0.5, 0.6) is 0 Å². The molecule has 0 atom stereocenters. The van der Waals surface area contributed by atoms with Crippen molar-refractivity contribution in [3.05, 3.63) is 47.9 Å². The Balaban J connectivity index is 0.00000161. The van der Waals surface area contributed by atoms with Gasteiger partial charge in [0.25, 0.3) is 0 Å². The second-order valence-corrected chi connectivity index (χ2v) is 4.40. The van der Waals surface area contributed by atoms with Crippen LogP contribution in [0.25, 0.3) is 11.0 Å². The number of anilines is 1. The van der Waals surface area contributed by atoms with E-state index < -0.39 is 0 Å². The van der Waals surface area contributed by atoms with Gasteiger partial charge in [0, 0.05) is 18.3 Å². The average molecular weight is 308 g/mol. The highest BCUT2D eigenvalue weighted by Crippen LogP contribution is 2.19. The summed E-state index contributed by atoms with van der Waals surface area (Å²) in [6.07, 6.45) is 1.70. The zero-order chi connectivity index (χ0) is 13.9. The van der Waals surface area contributed by atoms with Crippen molar-refractivity contribution in [1.29, 1.82) is 0 Å². The number of fused-ring (bicyclic) bond motifs is 1. The molecule has 3 rings (SSSR count). The standard InChI is InChI=1S/C14H14FN5.ClH/c1-2-16-14-13-12(7-8-17-14)20(19-18-13)9-10-5-3-4-6-11(10)15;/h3-8H,2,9H2,1H3,(H,16,17);1H. The van der Waals surface area contributed by atoms with Gasteiger partial charge in [0.15, 0.2) is 11.3 Å². The van der Waals surface area contributed by atoms with Gasteiger partial charge < -0.3 is 5.32 Å². The predicted molar refractivity (Wildman–Crippen MR) is 82.2 cm³/mol. The first-order valence-electron chi connectivity index (χ1n) is 6.45. The molecule has 1 N–H and O–H groups in total. The third kappa shape index (κ3) is 2.95. The van der Waals surface area contributed by atoms with Crippen LogP contribution in [0.2, 0.25) is 0 Å². The minimum atomic E-state index is -0.239. The summed E-state index contributed by atoms with van der Waals surface area (Å²) in [5.74, 6) is 0.460. The maximum absolute atomic E-state index is 13.7. The van der Waals surface area contributed by atoms with Crippen molar-refractivity contribution in [2.45, 2.75) is 13.5 Å². The Morgan fingerprint density at radius 3 is 2.81 bits per heavy atom. The monoisotopic (exact) mass is 307 g/mol. The Hall–Kier alpha value is -2.21. The number of rotatable bonds is 4. The summed E-state index contributed by atoms with van der Waals surface area (Å²) in [7, 11) is 0. The number of pyridine rings is 1. The number of hydrogen-bond donors (Lipinski definition) is 1. The smallest absolute Gasteiger partial charge is 0.156 e. The average Bonchev–Trinajstić information content (AvgIpc) is 2.86. The Morgan fingerprint density at radius 2 is 2.05 bits per heavy atom. The Bertz CT molecular complexity index is 743. The molecule has 21 heavy (non-hydrogen) atoms. The van der Waals surface area contributed by atoms with E-state index in [-0.39, 0.29) is 18.2 Å². The first-order valence-corrected chi connectivity index (χ1v) is 6.45. The van der Waals surface area contributed by atoms with Gasteiger partial charge in [0.2, 0.25) is 0 Å². The molecule has 2 heterocycles. The fourth-order valence-corrected chi connectivity index (χ4v) is 2.10. The molecule has 0 unspecified atom stereocenters. The predicted octanol–water partition coefficient (Wildman–Crippen LogP) is 2.87. The molecule has 0 aliphatic heterocycles. The topological polar surface area (TPSA) is 55.6 Å². The molecule has 110 valence electrons. The Morgan fingerprint density at radius 1 is 1.24 bits per heavy atom. The maximum Gasteiger partial charge on any atom is 0.156 e. The molecule has 0 radical (unpaired) electrons. The maximum atomic E-state index is 13.7. The van der Waals surface area contributed by atoms with E-state index in [0.29, 0.717) is 23.4 Å². The second kappa shape index (κ2) is 6.49. The molecular formula is C14H15ClFN5. The third-order valence-corrected chi connectivity index (χ3v) is 3.06. The van der Waals surface area contributed by atoms with Gasteiger partial charge in [-0.15, -0.1) is 17.5 Å². The van der Waals surface area contributed by atoms with Gasteiger partial charge in [-0.2, -0.15) is 0 Å². The quantitative estimate of drug-likeness (QED) is 0.805. The molecule has 2 aromatic heterocycles. The van der Waals surface area contributed by atoms with Crippen molar-refractivity contribution in [2.24, 2.45) is 0 Å². The van der Waals surface area contributed by atoms with Crippen LogP contribution in [0.4, 0.5) is 10.2 Å². The molecule has 0 saturated carbocycles. The van der Waals surface area contributed by atoms with Gasteiger partial charge >= 0.3 is 0 Å². The van der Waals surface area contributed by atoms with Crippen LogP contribution in [0.3, 0.4) is 0 Å². The van der Waals surface area contributed by atoms with Crippen molar-refractivity contribution >= 4 is 29.3 Å². The van der Waals surface area contributed by atoms with Gasteiger partial charge in [-0.25, -0.2) is 14.1 Å². The Labute approximate surface area is 127 Å². The first kappa shape index (κ1) is 15.2. The van der Waals surface area contributed by atoms with Crippen LogP contribution in [-0.4, -0.2) is 26.5 Å². The second-order valence-electron chi connectivity index (χ2n) is 4.40. The van der Waals surface area contributed by atoms with Crippen LogP contribution in [0.15, 0.2) is 36.5 Å². The molecule has 0 amide bonds. The fraction of sp³-hybridized carbons (Fsp3) is 0.214. The van der Waals surface area contributed by atoms with Gasteiger partial charge in [-0.1, -0.05) is 23.4 Å². The highest BCUT2D eigenvalue weighted by atomic mass is 35.5. The molecule has 0 aliphatic carbocycles. The minimum absolute atomic E-state index is 0. The SMILES string of the molecule is CCNc1nccc2c1nnn2Cc1ccccc1F.Cl. The van der Waals surface area contributed by atoms with Gasteiger partial charge in [-0.05, 0) is 19.1 Å². The van der Waals surface area contributed by atoms with Crippen LogP contribution in [0.1, 0.15) is 12.5 Å². The summed E-state index contributed by atoms with van der Waals surface area (Å²) in [5.41, 5.74) is 2.12. The zero-order valence-electron chi connectivity index (χ0n) is 11.5. The van der Waals surface area contributed by atoms with Crippen molar-refractivity contribution < 1.29 is 4.39 Å². The zero-order valence-corrected chi connectivity index (χ0v) is 12.3. The molecule has 0 bridgehead atoms. The van der Waals surface area contributed by atoms with Crippen molar-refractivity contribution in [2.75, 3.05) is 11.9 Å². The lowest BCUT2D eigenvalue weighted by Gasteiger charge is -2.05. The van der Waals surface area contributed by atoms with Gasteiger partial charge in [-0.3, -0.25) is 0 Å². The molecular weight excluding hydrogens is 293 g/mol. The van der Waals surface area contributed by atoms with E-state index in [9.17, 15) is 4.39 Å². The highest BCUT2D eigenvalue weighted by Gasteiger charge is 2.11. The van der Waals surface area contributed by atoms with Crippen LogP contribution in [-0.2, 0) is 6.54 Å². The number of hydrogen-bond acceptors (Lipinski definition) is 4. The van der Waals surface area contributed by atoms with E-state index in [1.165, 1.54) is 6.07 Å². The molecule has 3 aromatic rings. The van der Waals surface area contributed by atoms with E-state index in [0.717, 1.165) is 12.1 Å². The fourth-order valence-electron chi connectivity index (χ4n) is 2.10. The number of benzene rings is 1. The van der Waals surface area contributed by atoms with E-state index in [2.05, 4.69) is 20.6 Å². The van der Waals surface area contributed by atoms with E-state index in [4.69, 9.17) is 0 Å². The van der Waals surface area contributed by atoms with Crippen LogP contribution in [0, 0.1) is 5.82 Å². The van der Waals surface area contributed by atoms with E-state index >= 15 is 0 Å². The summed E-state index contributed by atoms with van der Waals surface area (Å²) >= 11 is 0. The lowest BCUT2D eigenvalue weighted by Crippen LogP contribution is -2.04. The van der Waals surface area contributed by atoms with E-state index in [1.807, 2.05) is 19.1 Å². The van der Waals surface area contributed by atoms with Crippen molar-refractivity contribution in [3.8, 4) is 0 Å². The number of halogens is 2. The highest BCUT2D eigenvalue weighted by molar-refractivity contribution is 5.85. The molecule has 1 aromatic carbocycles.